The summed E-state index contributed by atoms with van der Waals surface area (Å²) in [5.74, 6) is 0.555. The largest absolute Gasteiger partial charge is 0.453 e. The molecule has 1 aliphatic heterocycles. The molecular formula is C12H24N2O2. The molecule has 0 aliphatic carbocycles. The Hall–Kier alpha value is -0.770. The minimum absolute atomic E-state index is 0.188. The first-order valence-corrected chi connectivity index (χ1v) is 6.29. The van der Waals surface area contributed by atoms with Crippen molar-refractivity contribution in [2.75, 3.05) is 26.7 Å². The Balaban J connectivity index is 2.46. The van der Waals surface area contributed by atoms with Gasteiger partial charge >= 0.3 is 6.09 Å². The second kappa shape index (κ2) is 6.74. The molecule has 1 rings (SSSR count). The van der Waals surface area contributed by atoms with Gasteiger partial charge < -0.3 is 15.0 Å². The summed E-state index contributed by atoms with van der Waals surface area (Å²) >= 11 is 0. The molecule has 16 heavy (non-hydrogen) atoms. The number of amides is 1. The number of hydrogen-bond donors (Lipinski definition) is 1. The molecule has 4 nitrogen and oxygen atoms in total. The van der Waals surface area contributed by atoms with Crippen molar-refractivity contribution in [3.63, 3.8) is 0 Å². The van der Waals surface area contributed by atoms with Gasteiger partial charge in [-0.2, -0.15) is 0 Å². The summed E-state index contributed by atoms with van der Waals surface area (Å²) in [6.07, 6.45) is 3.11. The van der Waals surface area contributed by atoms with Gasteiger partial charge in [0.2, 0.25) is 0 Å². The van der Waals surface area contributed by atoms with Crippen LogP contribution in [0.1, 0.15) is 33.1 Å². The standard InChI is InChI=1S/C12H24N2O2/c1-4-7-13-11-6-8-14(12(15)16-3)9-10(11)5-2/h10-11,13H,4-9H2,1-3H3. The quantitative estimate of drug-likeness (QED) is 0.798. The number of nitrogens with zero attached hydrogens (tertiary/aromatic N) is 1. The number of likely N-dealkylation sites (tertiary alicyclic amines) is 1. The molecule has 1 amide bonds. The van der Waals surface area contributed by atoms with E-state index >= 15 is 0 Å². The van der Waals surface area contributed by atoms with Crippen LogP contribution in [-0.4, -0.2) is 43.8 Å². The highest BCUT2D eigenvalue weighted by molar-refractivity contribution is 5.67. The number of ether oxygens (including phenoxy) is 1. The van der Waals surface area contributed by atoms with E-state index < -0.39 is 0 Å². The average Bonchev–Trinajstić information content (AvgIpc) is 2.35. The van der Waals surface area contributed by atoms with Crippen molar-refractivity contribution in [2.45, 2.75) is 39.2 Å². The fourth-order valence-electron chi connectivity index (χ4n) is 2.34. The molecule has 4 heteroatoms. The van der Waals surface area contributed by atoms with Gasteiger partial charge in [0.25, 0.3) is 0 Å². The maximum absolute atomic E-state index is 11.4. The molecule has 1 fully saturated rings. The van der Waals surface area contributed by atoms with E-state index in [-0.39, 0.29) is 6.09 Å². The topological polar surface area (TPSA) is 41.6 Å². The van der Waals surface area contributed by atoms with Gasteiger partial charge in [0.05, 0.1) is 7.11 Å². The molecule has 0 spiro atoms. The molecule has 0 saturated carbocycles. The summed E-state index contributed by atoms with van der Waals surface area (Å²) in [6, 6.07) is 0.561. The van der Waals surface area contributed by atoms with E-state index in [0.29, 0.717) is 12.0 Å². The van der Waals surface area contributed by atoms with Crippen LogP contribution in [0.5, 0.6) is 0 Å². The molecule has 1 heterocycles. The van der Waals surface area contributed by atoms with Gasteiger partial charge in [-0.25, -0.2) is 4.79 Å². The Morgan fingerprint density at radius 1 is 1.50 bits per heavy atom. The Morgan fingerprint density at radius 3 is 2.81 bits per heavy atom. The molecule has 0 bridgehead atoms. The van der Waals surface area contributed by atoms with Crippen molar-refractivity contribution in [3.05, 3.63) is 0 Å². The summed E-state index contributed by atoms with van der Waals surface area (Å²) in [4.78, 5) is 13.3. The number of carbonyl (C=O) groups is 1. The van der Waals surface area contributed by atoms with Crippen LogP contribution in [-0.2, 0) is 4.74 Å². The monoisotopic (exact) mass is 228 g/mol. The van der Waals surface area contributed by atoms with Gasteiger partial charge in [0.1, 0.15) is 0 Å². The van der Waals surface area contributed by atoms with E-state index in [0.717, 1.165) is 38.9 Å². The van der Waals surface area contributed by atoms with Crippen LogP contribution in [0.3, 0.4) is 0 Å². The molecular weight excluding hydrogens is 204 g/mol. The first-order valence-electron chi connectivity index (χ1n) is 6.29. The van der Waals surface area contributed by atoms with Crippen molar-refractivity contribution < 1.29 is 9.53 Å². The normalized spacial score (nSPS) is 25.6. The summed E-state index contributed by atoms with van der Waals surface area (Å²) in [5, 5.41) is 3.57. The number of methoxy groups -OCH3 is 1. The van der Waals surface area contributed by atoms with E-state index in [2.05, 4.69) is 19.2 Å². The van der Waals surface area contributed by atoms with Gasteiger partial charge in [-0.05, 0) is 25.3 Å². The zero-order valence-corrected chi connectivity index (χ0v) is 10.7. The minimum Gasteiger partial charge on any atom is -0.453 e. The molecule has 94 valence electrons. The lowest BCUT2D eigenvalue weighted by atomic mass is 9.90. The van der Waals surface area contributed by atoms with E-state index in [1.165, 1.54) is 7.11 Å². The third-order valence-corrected chi connectivity index (χ3v) is 3.35. The number of carbonyl (C=O) groups excluding carboxylic acids is 1. The van der Waals surface area contributed by atoms with Crippen molar-refractivity contribution in [1.82, 2.24) is 10.2 Å². The highest BCUT2D eigenvalue weighted by Crippen LogP contribution is 2.20. The molecule has 1 saturated heterocycles. The number of nitrogens with one attached hydrogen (secondary N) is 1. The maximum atomic E-state index is 11.4. The molecule has 0 aromatic rings. The van der Waals surface area contributed by atoms with Crippen LogP contribution in [0.15, 0.2) is 0 Å². The van der Waals surface area contributed by atoms with E-state index in [4.69, 9.17) is 4.74 Å². The lowest BCUT2D eigenvalue weighted by molar-refractivity contribution is 0.0899. The van der Waals surface area contributed by atoms with E-state index in [9.17, 15) is 4.79 Å². The highest BCUT2D eigenvalue weighted by atomic mass is 16.5. The smallest absolute Gasteiger partial charge is 0.409 e. The molecule has 0 aromatic carbocycles. The first-order chi connectivity index (χ1) is 7.72. The number of piperidine rings is 1. The fourth-order valence-corrected chi connectivity index (χ4v) is 2.34. The average molecular weight is 228 g/mol. The Bertz CT molecular complexity index is 221. The first kappa shape index (κ1) is 13.3. The fraction of sp³-hybridized carbons (Fsp3) is 0.917. The Morgan fingerprint density at radius 2 is 2.25 bits per heavy atom. The van der Waals surface area contributed by atoms with Crippen LogP contribution < -0.4 is 5.32 Å². The van der Waals surface area contributed by atoms with Crippen molar-refractivity contribution in [3.8, 4) is 0 Å². The van der Waals surface area contributed by atoms with Gasteiger partial charge in [0, 0.05) is 19.1 Å². The van der Waals surface area contributed by atoms with Gasteiger partial charge in [-0.3, -0.25) is 0 Å². The zero-order chi connectivity index (χ0) is 12.0. The lowest BCUT2D eigenvalue weighted by Crippen LogP contribution is -2.51. The number of hydrogen-bond acceptors (Lipinski definition) is 3. The molecule has 1 N–H and O–H groups in total. The third kappa shape index (κ3) is 3.37. The van der Waals surface area contributed by atoms with Crippen molar-refractivity contribution >= 4 is 6.09 Å². The second-order valence-corrected chi connectivity index (χ2v) is 4.43. The van der Waals surface area contributed by atoms with Crippen molar-refractivity contribution in [2.24, 2.45) is 5.92 Å². The van der Waals surface area contributed by atoms with Crippen LogP contribution in [0.25, 0.3) is 0 Å². The molecule has 2 atom stereocenters. The van der Waals surface area contributed by atoms with Gasteiger partial charge in [-0.1, -0.05) is 20.3 Å². The molecule has 2 unspecified atom stereocenters. The van der Waals surface area contributed by atoms with Gasteiger partial charge in [0.15, 0.2) is 0 Å². The van der Waals surface area contributed by atoms with E-state index in [1.54, 1.807) is 0 Å². The van der Waals surface area contributed by atoms with Crippen molar-refractivity contribution in [1.29, 1.82) is 0 Å². The lowest BCUT2D eigenvalue weighted by Gasteiger charge is -2.38. The SMILES string of the molecule is CCCNC1CCN(C(=O)OC)CC1CC. The molecule has 0 radical (unpaired) electrons. The predicted molar refractivity (Wildman–Crippen MR) is 64.5 cm³/mol. The second-order valence-electron chi connectivity index (χ2n) is 4.43. The van der Waals surface area contributed by atoms with E-state index in [1.807, 2.05) is 4.90 Å². The Labute approximate surface area is 98.3 Å². The number of rotatable bonds is 4. The molecule has 0 aromatic heterocycles. The minimum atomic E-state index is -0.188. The maximum Gasteiger partial charge on any atom is 0.409 e. The highest BCUT2D eigenvalue weighted by Gasteiger charge is 2.30. The van der Waals surface area contributed by atoms with Crippen LogP contribution in [0, 0.1) is 5.92 Å². The molecule has 1 aliphatic rings. The summed E-state index contributed by atoms with van der Waals surface area (Å²) < 4.78 is 4.77. The zero-order valence-electron chi connectivity index (χ0n) is 10.7. The van der Waals surface area contributed by atoms with Crippen LogP contribution in [0.4, 0.5) is 4.79 Å². The Kier molecular flexibility index (Phi) is 5.60. The summed E-state index contributed by atoms with van der Waals surface area (Å²) in [5.41, 5.74) is 0. The van der Waals surface area contributed by atoms with Crippen LogP contribution in [0.2, 0.25) is 0 Å². The van der Waals surface area contributed by atoms with Crippen LogP contribution >= 0.6 is 0 Å². The van der Waals surface area contributed by atoms with Gasteiger partial charge in [-0.15, -0.1) is 0 Å². The summed E-state index contributed by atoms with van der Waals surface area (Å²) in [7, 11) is 1.45. The summed E-state index contributed by atoms with van der Waals surface area (Å²) in [6.45, 7) is 7.07. The third-order valence-electron chi connectivity index (χ3n) is 3.35. The predicted octanol–water partition coefficient (Wildman–Crippen LogP) is 1.85.